The van der Waals surface area contributed by atoms with Crippen molar-refractivity contribution in [2.75, 3.05) is 6.61 Å². The summed E-state index contributed by atoms with van der Waals surface area (Å²) in [6.07, 6.45) is 13.3. The fourth-order valence-corrected chi connectivity index (χ4v) is 8.70. The Hall–Kier alpha value is -0.570. The second kappa shape index (κ2) is 7.84. The third-order valence-corrected chi connectivity index (χ3v) is 10.7. The van der Waals surface area contributed by atoms with Crippen molar-refractivity contribution in [3.05, 3.63) is 0 Å². The molecule has 0 spiro atoms. The molecule has 3 heteroatoms. The number of aliphatic hydroxyl groups is 1. The maximum absolute atomic E-state index is 12.5. The Kier molecular flexibility index (Phi) is 5.86. The van der Waals surface area contributed by atoms with E-state index in [1.54, 1.807) is 0 Å². The highest BCUT2D eigenvalue weighted by atomic mass is 16.5. The molecule has 1 N–H and O–H groups in total. The van der Waals surface area contributed by atoms with Crippen molar-refractivity contribution in [3.63, 3.8) is 0 Å². The van der Waals surface area contributed by atoms with Gasteiger partial charge in [-0.1, -0.05) is 47.0 Å². The minimum atomic E-state index is -0.873. The van der Waals surface area contributed by atoms with Crippen LogP contribution in [0.5, 0.6) is 0 Å². The van der Waals surface area contributed by atoms with E-state index in [-0.39, 0.29) is 17.8 Å². The van der Waals surface area contributed by atoms with Crippen molar-refractivity contribution in [2.24, 2.45) is 40.4 Å². The highest BCUT2D eigenvalue weighted by molar-refractivity contribution is 5.71. The normalized spacial score (nSPS) is 49.1. The number of esters is 1. The van der Waals surface area contributed by atoms with Crippen LogP contribution < -0.4 is 0 Å². The van der Waals surface area contributed by atoms with Gasteiger partial charge in [0.2, 0.25) is 0 Å². The molecule has 4 aliphatic rings. The van der Waals surface area contributed by atoms with Crippen LogP contribution in [0.4, 0.5) is 0 Å². The third kappa shape index (κ3) is 3.29. The molecule has 0 aliphatic heterocycles. The molecule has 0 radical (unpaired) electrons. The van der Waals surface area contributed by atoms with E-state index in [1.165, 1.54) is 38.5 Å². The monoisotopic (exact) mass is 404 g/mol. The first kappa shape index (κ1) is 21.7. The van der Waals surface area contributed by atoms with Crippen molar-refractivity contribution in [2.45, 2.75) is 110 Å². The predicted molar refractivity (Wildman–Crippen MR) is 116 cm³/mol. The van der Waals surface area contributed by atoms with Gasteiger partial charge < -0.3 is 9.84 Å². The van der Waals surface area contributed by atoms with Crippen LogP contribution in [0.15, 0.2) is 0 Å². The van der Waals surface area contributed by atoms with E-state index in [0.717, 1.165) is 55.8 Å². The zero-order chi connectivity index (χ0) is 20.9. The molecule has 166 valence electrons. The standard InChI is InChI=1S/C26H44O3/c1-5-6-16-29-23(27)17-26(28)15-13-21-20-11-10-19-9-7-8-18(2)25(19,4)22(20)12-14-24(21,26)3/h18-22,28H,5-17H2,1-4H3/t18-,19+,20-,21-,22-,24-,25-,26+/m0/s1. The smallest absolute Gasteiger partial charge is 0.308 e. The first-order valence-corrected chi connectivity index (χ1v) is 12.6. The lowest BCUT2D eigenvalue weighted by molar-refractivity contribution is -0.176. The molecule has 0 aromatic rings. The summed E-state index contributed by atoms with van der Waals surface area (Å²) in [6.45, 7) is 10.0. The minimum Gasteiger partial charge on any atom is -0.466 e. The van der Waals surface area contributed by atoms with Gasteiger partial charge in [-0.15, -0.1) is 0 Å². The van der Waals surface area contributed by atoms with E-state index in [1.807, 2.05) is 0 Å². The Morgan fingerprint density at radius 2 is 1.79 bits per heavy atom. The lowest BCUT2D eigenvalue weighted by Gasteiger charge is -2.63. The van der Waals surface area contributed by atoms with Gasteiger partial charge in [0.25, 0.3) is 0 Å². The number of unbranched alkanes of at least 4 members (excludes halogenated alkanes) is 1. The van der Waals surface area contributed by atoms with Crippen LogP contribution in [-0.2, 0) is 9.53 Å². The molecule has 0 aromatic carbocycles. The Balaban J connectivity index is 1.52. The molecule has 0 aromatic heterocycles. The molecule has 4 saturated carbocycles. The SMILES string of the molecule is CCCCOC(=O)C[C@]1(O)CC[C@H]2[C@@H]3CC[C@H]4CCC[C@H](C)[C@]4(C)[C@H]3CC[C@@]21C. The number of ether oxygens (including phenoxy) is 1. The highest BCUT2D eigenvalue weighted by Crippen LogP contribution is 2.69. The van der Waals surface area contributed by atoms with Gasteiger partial charge in [0, 0.05) is 0 Å². The van der Waals surface area contributed by atoms with Crippen LogP contribution >= 0.6 is 0 Å². The van der Waals surface area contributed by atoms with Crippen molar-refractivity contribution in [3.8, 4) is 0 Å². The molecule has 29 heavy (non-hydrogen) atoms. The molecule has 0 saturated heterocycles. The first-order valence-electron chi connectivity index (χ1n) is 12.6. The summed E-state index contributed by atoms with van der Waals surface area (Å²) < 4.78 is 5.44. The lowest BCUT2D eigenvalue weighted by Crippen LogP contribution is -2.58. The molecule has 0 bridgehead atoms. The number of hydrogen-bond donors (Lipinski definition) is 1. The summed E-state index contributed by atoms with van der Waals surface area (Å²) in [6, 6.07) is 0. The summed E-state index contributed by atoms with van der Waals surface area (Å²) in [7, 11) is 0. The molecule has 0 unspecified atom stereocenters. The third-order valence-electron chi connectivity index (χ3n) is 10.7. The van der Waals surface area contributed by atoms with E-state index < -0.39 is 5.60 Å². The zero-order valence-electron chi connectivity index (χ0n) is 19.3. The average molecular weight is 405 g/mol. The fourth-order valence-electron chi connectivity index (χ4n) is 8.70. The molecule has 4 fully saturated rings. The molecule has 8 atom stereocenters. The van der Waals surface area contributed by atoms with Gasteiger partial charge in [-0.25, -0.2) is 0 Å². The van der Waals surface area contributed by atoms with Gasteiger partial charge in [0.1, 0.15) is 0 Å². The highest BCUT2D eigenvalue weighted by Gasteiger charge is 2.65. The van der Waals surface area contributed by atoms with Crippen LogP contribution in [0.3, 0.4) is 0 Å². The zero-order valence-corrected chi connectivity index (χ0v) is 19.3. The van der Waals surface area contributed by atoms with Gasteiger partial charge in [-0.05, 0) is 91.8 Å². The molecule has 0 amide bonds. The van der Waals surface area contributed by atoms with Gasteiger partial charge in [0.15, 0.2) is 0 Å². The summed E-state index contributed by atoms with van der Waals surface area (Å²) in [5.41, 5.74) is -0.511. The molecular formula is C26H44O3. The maximum atomic E-state index is 12.5. The fraction of sp³-hybridized carbons (Fsp3) is 0.962. The molecule has 3 nitrogen and oxygen atoms in total. The number of carbonyl (C=O) groups is 1. The number of hydrogen-bond acceptors (Lipinski definition) is 3. The van der Waals surface area contributed by atoms with E-state index in [0.29, 0.717) is 17.9 Å². The largest absolute Gasteiger partial charge is 0.466 e. The molecular weight excluding hydrogens is 360 g/mol. The Morgan fingerprint density at radius 3 is 2.55 bits per heavy atom. The predicted octanol–water partition coefficient (Wildman–Crippen LogP) is 6.13. The van der Waals surface area contributed by atoms with Crippen molar-refractivity contribution in [1.29, 1.82) is 0 Å². The Morgan fingerprint density at radius 1 is 1.03 bits per heavy atom. The number of carbonyl (C=O) groups excluding carboxylic acids is 1. The molecule has 4 aliphatic carbocycles. The summed E-state index contributed by atoms with van der Waals surface area (Å²) in [5, 5.41) is 11.7. The second-order valence-corrected chi connectivity index (χ2v) is 11.6. The Bertz CT molecular complexity index is 617. The summed E-state index contributed by atoms with van der Waals surface area (Å²) >= 11 is 0. The summed E-state index contributed by atoms with van der Waals surface area (Å²) in [5.74, 6) is 3.66. The number of rotatable bonds is 5. The average Bonchev–Trinajstić information content (AvgIpc) is 2.94. The van der Waals surface area contributed by atoms with Crippen LogP contribution in [0, 0.1) is 40.4 Å². The molecule has 0 heterocycles. The topological polar surface area (TPSA) is 46.5 Å². The quantitative estimate of drug-likeness (QED) is 0.443. The molecule has 4 rings (SSSR count). The number of fused-ring (bicyclic) bond motifs is 5. The van der Waals surface area contributed by atoms with Crippen LogP contribution in [0.25, 0.3) is 0 Å². The minimum absolute atomic E-state index is 0.126. The van der Waals surface area contributed by atoms with Gasteiger partial charge in [-0.2, -0.15) is 0 Å². The van der Waals surface area contributed by atoms with Crippen molar-refractivity contribution >= 4 is 5.97 Å². The van der Waals surface area contributed by atoms with E-state index >= 15 is 0 Å². The van der Waals surface area contributed by atoms with E-state index in [4.69, 9.17) is 4.74 Å². The lowest BCUT2D eigenvalue weighted by atomic mass is 9.42. The van der Waals surface area contributed by atoms with Gasteiger partial charge in [-0.3, -0.25) is 4.79 Å². The van der Waals surface area contributed by atoms with Crippen LogP contribution in [0.1, 0.15) is 105 Å². The van der Waals surface area contributed by atoms with E-state index in [9.17, 15) is 9.90 Å². The first-order chi connectivity index (χ1) is 13.8. The van der Waals surface area contributed by atoms with Crippen molar-refractivity contribution < 1.29 is 14.6 Å². The second-order valence-electron chi connectivity index (χ2n) is 11.6. The Labute approximate surface area is 178 Å². The van der Waals surface area contributed by atoms with Crippen LogP contribution in [-0.4, -0.2) is 23.3 Å². The van der Waals surface area contributed by atoms with Gasteiger partial charge >= 0.3 is 5.97 Å². The van der Waals surface area contributed by atoms with Gasteiger partial charge in [0.05, 0.1) is 18.6 Å². The van der Waals surface area contributed by atoms with E-state index in [2.05, 4.69) is 27.7 Å². The van der Waals surface area contributed by atoms with Crippen molar-refractivity contribution in [1.82, 2.24) is 0 Å². The van der Waals surface area contributed by atoms with Crippen LogP contribution in [0.2, 0.25) is 0 Å². The maximum Gasteiger partial charge on any atom is 0.308 e. The summed E-state index contributed by atoms with van der Waals surface area (Å²) in [4.78, 5) is 12.5.